The number of hydrogen-bond acceptors (Lipinski definition) is 12. The van der Waals surface area contributed by atoms with E-state index >= 15 is 0 Å². The Balaban J connectivity index is 0.968. The minimum Gasteiger partial charge on any atom is -0.289 e. The van der Waals surface area contributed by atoms with Crippen molar-refractivity contribution in [3.8, 4) is 43.8 Å². The van der Waals surface area contributed by atoms with Gasteiger partial charge in [0.25, 0.3) is 0 Å². The molecule has 0 fully saturated rings. The van der Waals surface area contributed by atoms with Gasteiger partial charge in [-0.05, 0) is 110 Å². The minimum atomic E-state index is -1.21. The summed E-state index contributed by atoms with van der Waals surface area (Å²) in [6, 6.07) is 50.0. The molecule has 0 unspecified atom stereocenters. The number of nitriles is 4. The van der Waals surface area contributed by atoms with Gasteiger partial charge in [0.1, 0.15) is 35.4 Å². The van der Waals surface area contributed by atoms with Crippen LogP contribution in [0.2, 0.25) is 0 Å². The summed E-state index contributed by atoms with van der Waals surface area (Å²) in [5.74, 6) is -6.06. The van der Waals surface area contributed by atoms with E-state index in [1.54, 1.807) is 57.5 Å². The third kappa shape index (κ3) is 7.46. The second kappa shape index (κ2) is 19.9. The number of rotatable bonds is 6. The fraction of sp³-hybridized carbons (Fsp3) is 0.0811. The number of thiophene rings is 6. The molecule has 0 saturated carbocycles. The molecule has 4 aliphatic carbocycles. The van der Waals surface area contributed by atoms with Crippen molar-refractivity contribution in [3.63, 3.8) is 0 Å². The summed E-state index contributed by atoms with van der Waals surface area (Å²) < 4.78 is 65.6. The molecule has 0 amide bonds. The van der Waals surface area contributed by atoms with Crippen LogP contribution in [0.4, 0.5) is 17.6 Å². The van der Waals surface area contributed by atoms with Crippen molar-refractivity contribution in [3.05, 3.63) is 278 Å². The number of benzene rings is 6. The number of nitrogens with zero attached hydrogens (tertiary/aromatic N) is 4. The molecule has 0 bridgehead atoms. The van der Waals surface area contributed by atoms with Gasteiger partial charge in [0.15, 0.2) is 34.8 Å². The lowest BCUT2D eigenvalue weighted by atomic mass is 9.67. The van der Waals surface area contributed by atoms with Crippen LogP contribution in [0.25, 0.3) is 71.0 Å². The number of ketones is 2. The molecular formula is C74H36F4N4O2S6. The quantitative estimate of drug-likeness (QED) is 0.0926. The Morgan fingerprint density at radius 2 is 0.656 bits per heavy atom. The second-order valence-electron chi connectivity index (χ2n) is 22.9. The average molecular weight is 1280 g/mol. The first-order valence-electron chi connectivity index (χ1n) is 28.2. The average Bonchev–Trinajstić information content (AvgIpc) is 1.48. The first-order valence-corrected chi connectivity index (χ1v) is 33.1. The molecule has 0 atom stereocenters. The largest absolute Gasteiger partial charge is 0.289 e. The fourth-order valence-corrected chi connectivity index (χ4v) is 22.7. The maximum Gasteiger partial charge on any atom is 0.194 e. The summed E-state index contributed by atoms with van der Waals surface area (Å²) in [5, 5.41) is 40.7. The standard InChI is InChI=1S/C74H36F4N4O2S6/c1-33-5-13-39(14-6-33)73(40-15-7-34(2)8-16-40)59-65-55(23-43(85-65)21-49-57(37(29-79)30-80)45-25-51(75)53(77)27-47(45)63(49)83)87-67(59)69-61(73)71-72(89-69)62-70(90-71)68-60(74(62,41-17-9-35(3)10-18-41)42-19-11-36(4)12-20-42)66-56(88-68)24-44(86-66)22-50-58(38(31-81)32-82)46-26-52(76)54(78)28-48(46)64(50)84/h5-28H,1-4H3/b49-21-,50-22-. The van der Waals surface area contributed by atoms with Crippen LogP contribution in [0.5, 0.6) is 0 Å². The number of allylic oxidation sites excluding steroid dienone is 6. The number of fused-ring (bicyclic) bond motifs is 15. The van der Waals surface area contributed by atoms with Gasteiger partial charge < -0.3 is 0 Å². The van der Waals surface area contributed by atoms with Gasteiger partial charge in [-0.25, -0.2) is 17.6 Å². The van der Waals surface area contributed by atoms with Crippen LogP contribution >= 0.6 is 68.0 Å². The first-order chi connectivity index (χ1) is 43.5. The third-order valence-electron chi connectivity index (χ3n) is 17.8. The van der Waals surface area contributed by atoms with Crippen LogP contribution in [-0.2, 0) is 10.8 Å². The summed E-state index contributed by atoms with van der Waals surface area (Å²) in [6.45, 7) is 8.30. The van der Waals surface area contributed by atoms with E-state index in [-0.39, 0.29) is 55.7 Å². The normalized spacial score (nSPS) is 15.5. The molecule has 0 saturated heterocycles. The van der Waals surface area contributed by atoms with Crippen LogP contribution < -0.4 is 0 Å². The minimum absolute atomic E-state index is 0.00389. The molecule has 0 aliphatic heterocycles. The van der Waals surface area contributed by atoms with E-state index in [2.05, 4.69) is 125 Å². The van der Waals surface area contributed by atoms with Gasteiger partial charge >= 0.3 is 0 Å². The smallest absolute Gasteiger partial charge is 0.194 e. The van der Waals surface area contributed by atoms with Gasteiger partial charge in [-0.3, -0.25) is 9.59 Å². The molecule has 0 N–H and O–H groups in total. The molecule has 6 nitrogen and oxygen atoms in total. The van der Waals surface area contributed by atoms with Crippen molar-refractivity contribution in [2.24, 2.45) is 0 Å². The highest BCUT2D eigenvalue weighted by atomic mass is 32.1. The zero-order chi connectivity index (χ0) is 62.1. The second-order valence-corrected chi connectivity index (χ2v) is 29.2. The number of hydrogen-bond donors (Lipinski definition) is 0. The SMILES string of the molecule is Cc1ccc(C2(c3ccc(C)cc3)c3c(sc4cc(/C=C5\C(=O)c6cc(F)c(F)cc6C5=C(C#N)C#N)sc34)-c3sc4c5c(sc4c32)-c2sc3cc(/C=C4\C(=O)c6cc(F)c(F)cc6C4=C(C#N)C#N)sc3c2C5(c2ccc(C)cc2)c2ccc(C)cc2)cc1. The molecular weight excluding hydrogens is 1250 g/mol. The third-order valence-corrected chi connectivity index (χ3v) is 25.4. The van der Waals surface area contributed by atoms with E-state index in [1.165, 1.54) is 22.7 Å². The number of carbonyl (C=O) groups excluding carboxylic acids is 2. The Morgan fingerprint density at radius 3 is 0.956 bits per heavy atom. The lowest BCUT2D eigenvalue weighted by molar-refractivity contribution is 0.103. The number of carbonyl (C=O) groups is 2. The van der Waals surface area contributed by atoms with Gasteiger partial charge in [0.05, 0.1) is 49.1 Å². The maximum atomic E-state index is 14.9. The number of Topliss-reactive ketones (excluding diaryl/α,β-unsaturated/α-hetero) is 2. The van der Waals surface area contributed by atoms with Gasteiger partial charge in [0.2, 0.25) is 0 Å². The van der Waals surface area contributed by atoms with Crippen LogP contribution in [0.15, 0.2) is 156 Å². The monoisotopic (exact) mass is 1280 g/mol. The van der Waals surface area contributed by atoms with Crippen molar-refractivity contribution in [1.29, 1.82) is 21.0 Å². The molecule has 6 heterocycles. The summed E-state index contributed by atoms with van der Waals surface area (Å²) in [4.78, 5) is 34.3. The zero-order valence-corrected chi connectivity index (χ0v) is 52.3. The molecule has 16 rings (SSSR count). The van der Waals surface area contributed by atoms with Gasteiger partial charge in [0, 0.05) is 74.8 Å². The molecule has 4 aliphatic rings. The number of aryl methyl sites for hydroxylation is 4. The van der Waals surface area contributed by atoms with E-state index in [9.17, 15) is 48.2 Å². The van der Waals surface area contributed by atoms with Gasteiger partial charge in [-0.15, -0.1) is 68.0 Å². The van der Waals surface area contributed by atoms with E-state index in [1.807, 2.05) is 36.4 Å². The molecule has 6 aromatic heterocycles. The molecule has 428 valence electrons. The topological polar surface area (TPSA) is 129 Å². The highest BCUT2D eigenvalue weighted by Gasteiger charge is 2.56. The van der Waals surface area contributed by atoms with E-state index in [0.717, 1.165) is 139 Å². The van der Waals surface area contributed by atoms with Crippen molar-refractivity contribution >= 4 is 131 Å². The predicted octanol–water partition coefficient (Wildman–Crippen LogP) is 20.2. The Bertz CT molecular complexity index is 5180. The highest BCUT2D eigenvalue weighted by Crippen LogP contribution is 2.72. The van der Waals surface area contributed by atoms with Crippen molar-refractivity contribution in [2.75, 3.05) is 0 Å². The highest BCUT2D eigenvalue weighted by molar-refractivity contribution is 7.37. The van der Waals surface area contributed by atoms with Crippen LogP contribution in [0.3, 0.4) is 0 Å². The molecule has 12 aromatic rings. The van der Waals surface area contributed by atoms with E-state index in [0.29, 0.717) is 9.75 Å². The Hall–Kier alpha value is -9.72. The fourth-order valence-electron chi connectivity index (χ4n) is 13.9. The van der Waals surface area contributed by atoms with Crippen molar-refractivity contribution < 1.29 is 27.2 Å². The maximum absolute atomic E-state index is 14.9. The lowest BCUT2D eigenvalue weighted by Crippen LogP contribution is -2.29. The Morgan fingerprint density at radius 1 is 0.378 bits per heavy atom. The van der Waals surface area contributed by atoms with E-state index < -0.39 is 45.7 Å². The summed E-state index contributed by atoms with van der Waals surface area (Å²) >= 11 is 9.89. The van der Waals surface area contributed by atoms with E-state index in [4.69, 9.17) is 0 Å². The molecule has 90 heavy (non-hydrogen) atoms. The van der Waals surface area contributed by atoms with Gasteiger partial charge in [-0.2, -0.15) is 21.0 Å². The van der Waals surface area contributed by atoms with Crippen LogP contribution in [-0.4, -0.2) is 11.6 Å². The lowest BCUT2D eigenvalue weighted by Gasteiger charge is -2.34. The molecule has 16 heteroatoms. The molecule has 0 spiro atoms. The molecule has 0 radical (unpaired) electrons. The summed E-state index contributed by atoms with van der Waals surface area (Å²) in [7, 11) is 0. The van der Waals surface area contributed by atoms with Crippen molar-refractivity contribution in [2.45, 2.75) is 38.5 Å². The van der Waals surface area contributed by atoms with Crippen molar-refractivity contribution in [1.82, 2.24) is 0 Å². The van der Waals surface area contributed by atoms with Crippen LogP contribution in [0.1, 0.15) is 108 Å². The number of halogens is 4. The Labute approximate surface area is 535 Å². The van der Waals surface area contributed by atoms with Crippen LogP contribution in [0, 0.1) is 96.3 Å². The summed E-state index contributed by atoms with van der Waals surface area (Å²) in [6.07, 6.45) is 3.28. The Kier molecular flexibility index (Phi) is 12.3. The molecule has 6 aromatic carbocycles. The van der Waals surface area contributed by atoms with Gasteiger partial charge in [-0.1, -0.05) is 119 Å². The summed E-state index contributed by atoms with van der Waals surface area (Å²) in [5.41, 5.74) is 10.1. The first kappa shape index (κ1) is 55.6. The zero-order valence-electron chi connectivity index (χ0n) is 47.4. The predicted molar refractivity (Wildman–Crippen MR) is 353 cm³/mol.